The Kier molecular flexibility index (Phi) is 5.84. The molecule has 0 aliphatic rings. The van der Waals surface area contributed by atoms with E-state index in [0.717, 1.165) is 17.2 Å². The second-order valence-electron chi connectivity index (χ2n) is 3.69. The molecular weight excluding hydrogens is 174 g/mol. The SMILES string of the molecule is CC(C)=N/C(C)=C\CN=C(C)N(C)C. The molecule has 80 valence electrons. The van der Waals surface area contributed by atoms with Gasteiger partial charge in [-0.1, -0.05) is 0 Å². The zero-order chi connectivity index (χ0) is 11.1. The van der Waals surface area contributed by atoms with Crippen molar-refractivity contribution in [1.29, 1.82) is 0 Å². The summed E-state index contributed by atoms with van der Waals surface area (Å²) in [5.41, 5.74) is 2.10. The van der Waals surface area contributed by atoms with Crippen molar-refractivity contribution in [2.75, 3.05) is 20.6 Å². The lowest BCUT2D eigenvalue weighted by atomic mass is 10.4. The Bertz CT molecular complexity index is 256. The second-order valence-corrected chi connectivity index (χ2v) is 3.69. The molecule has 0 bridgehead atoms. The maximum absolute atomic E-state index is 4.37. The Labute approximate surface area is 87.2 Å². The van der Waals surface area contributed by atoms with Gasteiger partial charge in [-0.25, -0.2) is 0 Å². The molecule has 0 rings (SSSR count). The minimum Gasteiger partial charge on any atom is -0.367 e. The molecule has 0 saturated carbocycles. The van der Waals surface area contributed by atoms with E-state index in [1.807, 2.05) is 52.8 Å². The van der Waals surface area contributed by atoms with Crippen LogP contribution >= 0.6 is 0 Å². The highest BCUT2D eigenvalue weighted by Gasteiger charge is 1.90. The number of rotatable bonds is 3. The smallest absolute Gasteiger partial charge is 0.0956 e. The molecule has 0 amide bonds. The molecule has 0 fully saturated rings. The summed E-state index contributed by atoms with van der Waals surface area (Å²) in [6, 6.07) is 0. The summed E-state index contributed by atoms with van der Waals surface area (Å²) in [5.74, 6) is 1.03. The maximum Gasteiger partial charge on any atom is 0.0956 e. The monoisotopic (exact) mass is 195 g/mol. The number of hydrogen-bond acceptors (Lipinski definition) is 2. The fourth-order valence-electron chi connectivity index (χ4n) is 0.850. The van der Waals surface area contributed by atoms with Gasteiger partial charge < -0.3 is 4.90 Å². The second kappa shape index (κ2) is 6.35. The predicted octanol–water partition coefficient (Wildman–Crippen LogP) is 2.35. The van der Waals surface area contributed by atoms with Crippen LogP contribution in [-0.2, 0) is 0 Å². The summed E-state index contributed by atoms with van der Waals surface area (Å²) >= 11 is 0. The van der Waals surface area contributed by atoms with Gasteiger partial charge in [0.15, 0.2) is 0 Å². The minimum absolute atomic E-state index is 0.701. The number of allylic oxidation sites excluding steroid dienone is 1. The van der Waals surface area contributed by atoms with Crippen LogP contribution in [-0.4, -0.2) is 37.1 Å². The van der Waals surface area contributed by atoms with Crippen molar-refractivity contribution in [2.45, 2.75) is 27.7 Å². The molecule has 0 saturated heterocycles. The molecule has 0 aromatic heterocycles. The normalized spacial score (nSPS) is 12.7. The zero-order valence-electron chi connectivity index (χ0n) is 10.1. The van der Waals surface area contributed by atoms with Crippen molar-refractivity contribution in [3.05, 3.63) is 11.8 Å². The van der Waals surface area contributed by atoms with E-state index in [2.05, 4.69) is 9.98 Å². The van der Waals surface area contributed by atoms with Crippen molar-refractivity contribution >= 4 is 11.5 Å². The zero-order valence-corrected chi connectivity index (χ0v) is 10.1. The van der Waals surface area contributed by atoms with Gasteiger partial charge in [0, 0.05) is 25.5 Å². The number of nitrogens with zero attached hydrogens (tertiary/aromatic N) is 3. The summed E-state index contributed by atoms with van der Waals surface area (Å²) in [7, 11) is 3.98. The van der Waals surface area contributed by atoms with Crippen LogP contribution in [0.15, 0.2) is 21.8 Å². The summed E-state index contributed by atoms with van der Waals surface area (Å²) in [5, 5.41) is 0. The van der Waals surface area contributed by atoms with Crippen molar-refractivity contribution < 1.29 is 0 Å². The molecule has 0 radical (unpaired) electrons. The standard InChI is InChI=1S/C11H21N3/c1-9(2)13-10(3)7-8-12-11(4)14(5)6/h7H,8H2,1-6H3/b10-7-,12-11?. The average Bonchev–Trinajstić information content (AvgIpc) is 2.02. The Morgan fingerprint density at radius 2 is 1.71 bits per heavy atom. The Hall–Kier alpha value is -1.12. The summed E-state index contributed by atoms with van der Waals surface area (Å²) in [6.45, 7) is 8.68. The van der Waals surface area contributed by atoms with E-state index in [9.17, 15) is 0 Å². The third kappa shape index (κ3) is 6.40. The molecule has 3 nitrogen and oxygen atoms in total. The van der Waals surface area contributed by atoms with Gasteiger partial charge in [0.1, 0.15) is 0 Å². The largest absolute Gasteiger partial charge is 0.367 e. The Morgan fingerprint density at radius 1 is 1.14 bits per heavy atom. The predicted molar refractivity (Wildman–Crippen MR) is 64.2 cm³/mol. The van der Waals surface area contributed by atoms with Crippen LogP contribution in [0.25, 0.3) is 0 Å². The highest BCUT2D eigenvalue weighted by Crippen LogP contribution is 1.96. The van der Waals surface area contributed by atoms with E-state index < -0.39 is 0 Å². The molecular formula is C11H21N3. The van der Waals surface area contributed by atoms with Crippen LogP contribution in [0.5, 0.6) is 0 Å². The van der Waals surface area contributed by atoms with Crippen LogP contribution < -0.4 is 0 Å². The van der Waals surface area contributed by atoms with Crippen LogP contribution in [0.3, 0.4) is 0 Å². The first-order valence-electron chi connectivity index (χ1n) is 4.80. The molecule has 0 aromatic carbocycles. The Morgan fingerprint density at radius 3 is 2.14 bits per heavy atom. The fourth-order valence-corrected chi connectivity index (χ4v) is 0.850. The fraction of sp³-hybridized carbons (Fsp3) is 0.636. The third-order valence-electron chi connectivity index (χ3n) is 1.75. The van der Waals surface area contributed by atoms with E-state index in [-0.39, 0.29) is 0 Å². The molecule has 3 heteroatoms. The first-order valence-corrected chi connectivity index (χ1v) is 4.80. The first kappa shape index (κ1) is 12.9. The first-order chi connectivity index (χ1) is 6.43. The third-order valence-corrected chi connectivity index (χ3v) is 1.75. The van der Waals surface area contributed by atoms with E-state index >= 15 is 0 Å². The van der Waals surface area contributed by atoms with Gasteiger partial charge >= 0.3 is 0 Å². The van der Waals surface area contributed by atoms with Gasteiger partial charge in [-0.15, -0.1) is 0 Å². The highest BCUT2D eigenvalue weighted by molar-refractivity contribution is 5.80. The average molecular weight is 195 g/mol. The lowest BCUT2D eigenvalue weighted by molar-refractivity contribution is 0.615. The van der Waals surface area contributed by atoms with E-state index in [4.69, 9.17) is 0 Å². The number of aliphatic imine (C=N–C) groups is 2. The number of hydrogen-bond donors (Lipinski definition) is 0. The quantitative estimate of drug-likeness (QED) is 0.502. The van der Waals surface area contributed by atoms with E-state index in [0.29, 0.717) is 6.54 Å². The van der Waals surface area contributed by atoms with Gasteiger partial charge in [0.2, 0.25) is 0 Å². The van der Waals surface area contributed by atoms with E-state index in [1.54, 1.807) is 0 Å². The molecule has 0 heterocycles. The molecule has 0 aliphatic heterocycles. The van der Waals surface area contributed by atoms with Gasteiger partial charge in [0.25, 0.3) is 0 Å². The molecule has 0 N–H and O–H groups in total. The van der Waals surface area contributed by atoms with Gasteiger partial charge in [0.05, 0.1) is 12.4 Å². The molecule has 0 unspecified atom stereocenters. The van der Waals surface area contributed by atoms with Crippen LogP contribution in [0.2, 0.25) is 0 Å². The van der Waals surface area contributed by atoms with Crippen molar-refractivity contribution in [1.82, 2.24) is 4.90 Å². The topological polar surface area (TPSA) is 28.0 Å². The van der Waals surface area contributed by atoms with Crippen LogP contribution in [0, 0.1) is 0 Å². The van der Waals surface area contributed by atoms with E-state index in [1.165, 1.54) is 0 Å². The molecule has 14 heavy (non-hydrogen) atoms. The molecule has 0 aliphatic carbocycles. The van der Waals surface area contributed by atoms with Crippen molar-refractivity contribution in [2.24, 2.45) is 9.98 Å². The van der Waals surface area contributed by atoms with Gasteiger partial charge in [-0.3, -0.25) is 9.98 Å². The summed E-state index contributed by atoms with van der Waals surface area (Å²) < 4.78 is 0. The Balaban J connectivity index is 4.18. The lowest BCUT2D eigenvalue weighted by Crippen LogP contribution is -2.18. The molecule has 0 atom stereocenters. The van der Waals surface area contributed by atoms with Crippen molar-refractivity contribution in [3.8, 4) is 0 Å². The molecule has 0 spiro atoms. The minimum atomic E-state index is 0.701. The highest BCUT2D eigenvalue weighted by atomic mass is 15.1. The number of amidine groups is 1. The maximum atomic E-state index is 4.37. The van der Waals surface area contributed by atoms with Gasteiger partial charge in [-0.2, -0.15) is 0 Å². The summed E-state index contributed by atoms with van der Waals surface area (Å²) in [4.78, 5) is 10.7. The molecule has 0 aromatic rings. The summed E-state index contributed by atoms with van der Waals surface area (Å²) in [6.07, 6.45) is 2.03. The van der Waals surface area contributed by atoms with Crippen molar-refractivity contribution in [3.63, 3.8) is 0 Å². The van der Waals surface area contributed by atoms with Gasteiger partial charge in [-0.05, 0) is 33.8 Å². The van der Waals surface area contributed by atoms with Crippen LogP contribution in [0.4, 0.5) is 0 Å². The lowest BCUT2D eigenvalue weighted by Gasteiger charge is -2.10. The van der Waals surface area contributed by atoms with Crippen LogP contribution in [0.1, 0.15) is 27.7 Å².